The van der Waals surface area contributed by atoms with Gasteiger partial charge in [-0.05, 0) is 66.8 Å². The zero-order valence-corrected chi connectivity index (χ0v) is 29.4. The molecule has 0 saturated carbocycles. The second-order valence-corrected chi connectivity index (χ2v) is 24.3. The van der Waals surface area contributed by atoms with Gasteiger partial charge in [-0.3, -0.25) is 14.3 Å². The highest BCUT2D eigenvalue weighted by Crippen LogP contribution is 2.42. The predicted molar refractivity (Wildman–Crippen MR) is 173 cm³/mol. The number of aromatic amines is 1. The fraction of sp³-hybridized carbons (Fsp3) is 0.677. The van der Waals surface area contributed by atoms with Gasteiger partial charge in [-0.25, -0.2) is 4.79 Å². The minimum Gasteiger partial charge on any atom is -0.414 e. The second-order valence-electron chi connectivity index (χ2n) is 14.7. The van der Waals surface area contributed by atoms with E-state index in [0.717, 1.165) is 11.3 Å². The first-order chi connectivity index (χ1) is 18.7. The Bertz CT molecular complexity index is 1290. The summed E-state index contributed by atoms with van der Waals surface area (Å²) in [5.74, 6) is 0. The number of rotatable bonds is 10. The first-order valence-electron chi connectivity index (χ1n) is 14.8. The molecule has 1 aliphatic heterocycles. The summed E-state index contributed by atoms with van der Waals surface area (Å²) in [6, 6.07) is 8.30. The number of anilines is 1. The molecule has 41 heavy (non-hydrogen) atoms. The van der Waals surface area contributed by atoms with E-state index < -0.39 is 28.6 Å². The van der Waals surface area contributed by atoms with Crippen LogP contribution in [0.25, 0.3) is 0 Å². The van der Waals surface area contributed by atoms with Gasteiger partial charge in [0.2, 0.25) is 0 Å². The lowest BCUT2D eigenvalue weighted by Gasteiger charge is -2.40. The summed E-state index contributed by atoms with van der Waals surface area (Å²) in [6.07, 6.45) is 2.37. The molecule has 0 aliphatic carbocycles. The Balaban J connectivity index is 1.85. The Morgan fingerprint density at radius 3 is 2.07 bits per heavy atom. The summed E-state index contributed by atoms with van der Waals surface area (Å²) < 4.78 is 21.5. The molecule has 1 aromatic carbocycles. The maximum atomic E-state index is 13.0. The lowest BCUT2D eigenvalue weighted by atomic mass is 10.1. The van der Waals surface area contributed by atoms with Crippen LogP contribution in [0.5, 0.6) is 0 Å². The molecule has 1 aromatic heterocycles. The Morgan fingerprint density at radius 2 is 1.54 bits per heavy atom. The molecule has 8 nitrogen and oxygen atoms in total. The third kappa shape index (κ3) is 8.10. The van der Waals surface area contributed by atoms with Crippen molar-refractivity contribution in [1.29, 1.82) is 0 Å². The Labute approximate surface area is 248 Å². The molecule has 1 fully saturated rings. The average molecular weight is 604 g/mol. The number of hydrogen-bond donors (Lipinski definition) is 1. The van der Waals surface area contributed by atoms with Gasteiger partial charge in [-0.2, -0.15) is 0 Å². The van der Waals surface area contributed by atoms with Crippen molar-refractivity contribution in [2.24, 2.45) is 0 Å². The van der Waals surface area contributed by atoms with E-state index in [-0.39, 0.29) is 27.8 Å². The van der Waals surface area contributed by atoms with Crippen molar-refractivity contribution in [3.63, 3.8) is 0 Å². The second kappa shape index (κ2) is 12.3. The van der Waals surface area contributed by atoms with E-state index in [9.17, 15) is 9.59 Å². The highest BCUT2D eigenvalue weighted by Gasteiger charge is 2.46. The van der Waals surface area contributed by atoms with Crippen molar-refractivity contribution < 1.29 is 13.6 Å². The number of aryl methyl sites for hydroxylation is 2. The monoisotopic (exact) mass is 603 g/mol. The first-order valence-corrected chi connectivity index (χ1v) is 20.6. The van der Waals surface area contributed by atoms with E-state index in [1.807, 2.05) is 14.1 Å². The van der Waals surface area contributed by atoms with Crippen LogP contribution in [0.2, 0.25) is 36.3 Å². The van der Waals surface area contributed by atoms with Crippen LogP contribution < -0.4 is 16.1 Å². The topological polar surface area (TPSA) is 85.8 Å². The number of H-pyrrole nitrogens is 1. The third-order valence-electron chi connectivity index (χ3n) is 9.33. The molecular weight excluding hydrogens is 551 g/mol. The van der Waals surface area contributed by atoms with Gasteiger partial charge in [0, 0.05) is 38.0 Å². The van der Waals surface area contributed by atoms with Crippen molar-refractivity contribution in [2.75, 3.05) is 25.6 Å². The van der Waals surface area contributed by atoms with Gasteiger partial charge in [0.25, 0.3) is 5.56 Å². The normalized spacial score (nSPS) is 20.4. The van der Waals surface area contributed by atoms with Gasteiger partial charge in [-0.1, -0.05) is 53.7 Å². The van der Waals surface area contributed by atoms with Crippen molar-refractivity contribution in [3.05, 3.63) is 62.4 Å². The number of hydrogen-bond acceptors (Lipinski definition) is 6. The maximum Gasteiger partial charge on any atom is 0.330 e. The van der Waals surface area contributed by atoms with Gasteiger partial charge in [0.15, 0.2) is 16.6 Å². The molecule has 0 radical (unpaired) electrons. The number of nitrogens with one attached hydrogen (secondary N) is 1. The van der Waals surface area contributed by atoms with Crippen LogP contribution in [0.15, 0.2) is 40.1 Å². The molecule has 230 valence electrons. The van der Waals surface area contributed by atoms with E-state index in [1.54, 1.807) is 10.8 Å². The van der Waals surface area contributed by atoms with Crippen molar-refractivity contribution in [2.45, 2.75) is 116 Å². The summed E-state index contributed by atoms with van der Waals surface area (Å²) in [5, 5.41) is 0.0982. The summed E-state index contributed by atoms with van der Waals surface area (Å²) in [7, 11) is -0.125. The van der Waals surface area contributed by atoms with Crippen LogP contribution in [0.4, 0.5) is 5.69 Å². The van der Waals surface area contributed by atoms with Crippen LogP contribution >= 0.6 is 0 Å². The molecule has 3 rings (SSSR count). The zero-order valence-electron chi connectivity index (χ0n) is 27.4. The zero-order chi connectivity index (χ0) is 31.0. The van der Waals surface area contributed by atoms with Gasteiger partial charge >= 0.3 is 5.69 Å². The molecule has 0 unspecified atom stereocenters. The Morgan fingerprint density at radius 1 is 0.951 bits per heavy atom. The molecule has 1 saturated heterocycles. The molecule has 0 spiro atoms. The number of aromatic nitrogens is 2. The minimum absolute atomic E-state index is 0.0304. The van der Waals surface area contributed by atoms with Crippen molar-refractivity contribution >= 4 is 22.3 Å². The molecule has 10 heteroatoms. The smallest absolute Gasteiger partial charge is 0.330 e. The lowest BCUT2D eigenvalue weighted by molar-refractivity contribution is -0.0413. The summed E-state index contributed by atoms with van der Waals surface area (Å²) >= 11 is 0. The van der Waals surface area contributed by atoms with E-state index >= 15 is 0 Å². The fourth-order valence-corrected chi connectivity index (χ4v) is 6.74. The first kappa shape index (κ1) is 33.5. The van der Waals surface area contributed by atoms with Gasteiger partial charge < -0.3 is 18.5 Å². The fourth-order valence-electron chi connectivity index (χ4n) is 4.37. The van der Waals surface area contributed by atoms with Gasteiger partial charge in [0.05, 0.1) is 12.7 Å². The molecule has 0 bridgehead atoms. The molecule has 0 amide bonds. The minimum atomic E-state index is -2.12. The van der Waals surface area contributed by atoms with Crippen LogP contribution in [0.3, 0.4) is 0 Å². The summed E-state index contributed by atoms with van der Waals surface area (Å²) in [4.78, 5) is 30.4. The van der Waals surface area contributed by atoms with Gasteiger partial charge in [-0.15, -0.1) is 0 Å². The van der Waals surface area contributed by atoms with Crippen LogP contribution in [-0.4, -0.2) is 59.1 Å². The largest absolute Gasteiger partial charge is 0.414 e. The molecule has 1 N–H and O–H groups in total. The van der Waals surface area contributed by atoms with E-state index in [4.69, 9.17) is 13.6 Å². The molecule has 1 aliphatic rings. The SMILES string of the molecule is CN(C)c1ccc(CCc2cn([C@H]3C[C@H](O[Si](C)(C)C(C)(C)C)[C@@H](CO[Si](C)(C)C(C)(C)C)O3)c(=O)[nH]c2=O)cc1. The summed E-state index contributed by atoms with van der Waals surface area (Å²) in [6.45, 7) is 22.7. The number of nitrogens with zero attached hydrogens (tertiary/aromatic N) is 2. The number of benzene rings is 1. The number of ether oxygens (including phenoxy) is 1. The van der Waals surface area contributed by atoms with Crippen LogP contribution in [0.1, 0.15) is 65.3 Å². The quantitative estimate of drug-likeness (QED) is 0.331. The Hall–Kier alpha value is -1.99. The summed E-state index contributed by atoms with van der Waals surface area (Å²) in [5.41, 5.74) is 2.01. The average Bonchev–Trinajstić information content (AvgIpc) is 3.22. The molecule has 2 heterocycles. The highest BCUT2D eigenvalue weighted by atomic mass is 28.4. The lowest BCUT2D eigenvalue weighted by Crippen LogP contribution is -2.48. The Kier molecular flexibility index (Phi) is 10.1. The molecular formula is C31H53N3O5Si2. The predicted octanol–water partition coefficient (Wildman–Crippen LogP) is 6.09. The van der Waals surface area contributed by atoms with E-state index in [1.165, 1.54) is 0 Å². The maximum absolute atomic E-state index is 13.0. The standard InChI is InChI=1S/C31H53N3O5Si2/c1-30(2,3)40(9,10)37-21-26-25(39-41(11,12)31(4,5)6)19-27(38-26)34-20-23(28(35)32-29(34)36)16-13-22-14-17-24(18-15-22)33(7)8/h14-15,17-18,20,25-27H,13,16,19,21H2,1-12H3,(H,32,35,36)/t25-,26+,27+/m0/s1. The van der Waals surface area contributed by atoms with Crippen molar-refractivity contribution in [3.8, 4) is 0 Å². The molecule has 3 atom stereocenters. The van der Waals surface area contributed by atoms with E-state index in [2.05, 4.69) is 102 Å². The van der Waals surface area contributed by atoms with Crippen LogP contribution in [-0.2, 0) is 26.4 Å². The van der Waals surface area contributed by atoms with Crippen molar-refractivity contribution in [1.82, 2.24) is 9.55 Å². The van der Waals surface area contributed by atoms with Gasteiger partial charge in [0.1, 0.15) is 12.3 Å². The third-order valence-corrected chi connectivity index (χ3v) is 18.3. The highest BCUT2D eigenvalue weighted by molar-refractivity contribution is 6.74. The van der Waals surface area contributed by atoms with Crippen LogP contribution in [0, 0.1) is 0 Å². The van der Waals surface area contributed by atoms with E-state index in [0.29, 0.717) is 31.4 Å². The molecule has 2 aromatic rings.